The Kier molecular flexibility index (Phi) is 3.62. The van der Waals surface area contributed by atoms with Gasteiger partial charge in [-0.05, 0) is 44.4 Å². The third-order valence-electron chi connectivity index (χ3n) is 4.40. The lowest BCUT2D eigenvalue weighted by Crippen LogP contribution is -2.44. The molecule has 0 saturated carbocycles. The first kappa shape index (κ1) is 12.1. The van der Waals surface area contributed by atoms with E-state index in [9.17, 15) is 0 Å². The Balaban J connectivity index is 1.55. The maximum Gasteiger partial charge on any atom is 0.0372 e. The Bertz CT molecular complexity index is 387. The van der Waals surface area contributed by atoms with Crippen LogP contribution in [0, 0.1) is 6.92 Å². The number of piperidine rings is 1. The molecular weight excluding hydrogens is 222 g/mol. The van der Waals surface area contributed by atoms with Crippen molar-refractivity contribution >= 4 is 0 Å². The quantitative estimate of drug-likeness (QED) is 0.884. The van der Waals surface area contributed by atoms with Crippen LogP contribution in [0.3, 0.4) is 0 Å². The summed E-state index contributed by atoms with van der Waals surface area (Å²) in [5, 5.41) is 3.73. The second kappa shape index (κ2) is 5.37. The summed E-state index contributed by atoms with van der Waals surface area (Å²) >= 11 is 0. The first-order valence-corrected chi connectivity index (χ1v) is 7.22. The predicted molar refractivity (Wildman–Crippen MR) is 73.4 cm³/mol. The summed E-state index contributed by atoms with van der Waals surface area (Å²) in [6.45, 7) is 5.60. The molecule has 98 valence electrons. The normalized spacial score (nSPS) is 28.3. The van der Waals surface area contributed by atoms with Crippen LogP contribution < -0.4 is 5.32 Å². The molecule has 3 heterocycles. The van der Waals surface area contributed by atoms with Crippen LogP contribution in [-0.2, 0) is 6.54 Å². The molecule has 18 heavy (non-hydrogen) atoms. The van der Waals surface area contributed by atoms with Gasteiger partial charge in [-0.15, -0.1) is 0 Å². The van der Waals surface area contributed by atoms with Crippen molar-refractivity contribution in [2.24, 2.45) is 0 Å². The number of aromatic nitrogens is 1. The van der Waals surface area contributed by atoms with Crippen LogP contribution in [-0.4, -0.2) is 35.1 Å². The average Bonchev–Trinajstić information content (AvgIpc) is 2.82. The number of aryl methyl sites for hydroxylation is 1. The van der Waals surface area contributed by atoms with Gasteiger partial charge in [0.15, 0.2) is 0 Å². The van der Waals surface area contributed by atoms with Gasteiger partial charge in [0.2, 0.25) is 0 Å². The van der Waals surface area contributed by atoms with Crippen molar-refractivity contribution in [3.63, 3.8) is 0 Å². The van der Waals surface area contributed by atoms with Crippen molar-refractivity contribution in [2.75, 3.05) is 13.1 Å². The number of pyridine rings is 1. The summed E-state index contributed by atoms with van der Waals surface area (Å²) < 4.78 is 0. The van der Waals surface area contributed by atoms with E-state index >= 15 is 0 Å². The second-order valence-corrected chi connectivity index (χ2v) is 5.68. The van der Waals surface area contributed by atoms with Crippen LogP contribution in [0.2, 0.25) is 0 Å². The zero-order chi connectivity index (χ0) is 12.4. The van der Waals surface area contributed by atoms with Crippen LogP contribution in [0.15, 0.2) is 18.3 Å². The highest BCUT2D eigenvalue weighted by Gasteiger charge is 2.34. The Morgan fingerprint density at radius 3 is 3.06 bits per heavy atom. The molecule has 1 aromatic rings. The van der Waals surface area contributed by atoms with E-state index in [4.69, 9.17) is 0 Å². The average molecular weight is 245 g/mol. The number of hydrogen-bond donors (Lipinski definition) is 1. The molecule has 0 spiro atoms. The van der Waals surface area contributed by atoms with Crippen LogP contribution in [0.5, 0.6) is 0 Å². The van der Waals surface area contributed by atoms with E-state index in [1.54, 1.807) is 0 Å². The largest absolute Gasteiger partial charge is 0.308 e. The fourth-order valence-corrected chi connectivity index (χ4v) is 3.34. The first-order valence-electron chi connectivity index (χ1n) is 7.22. The summed E-state index contributed by atoms with van der Waals surface area (Å²) in [5.41, 5.74) is 2.40. The third-order valence-corrected chi connectivity index (χ3v) is 4.40. The highest BCUT2D eigenvalue weighted by atomic mass is 15.2. The second-order valence-electron chi connectivity index (χ2n) is 5.68. The lowest BCUT2D eigenvalue weighted by atomic mass is 9.99. The Morgan fingerprint density at radius 1 is 1.28 bits per heavy atom. The molecule has 0 bridgehead atoms. The SMILES string of the molecule is Cc1ccc(CNC2CCN3CCCCC23)cn1. The molecule has 0 radical (unpaired) electrons. The van der Waals surface area contributed by atoms with E-state index in [-0.39, 0.29) is 0 Å². The van der Waals surface area contributed by atoms with E-state index in [2.05, 4.69) is 27.3 Å². The molecule has 2 saturated heterocycles. The molecule has 0 aliphatic carbocycles. The van der Waals surface area contributed by atoms with E-state index in [0.717, 1.165) is 18.3 Å². The Hall–Kier alpha value is -0.930. The number of fused-ring (bicyclic) bond motifs is 1. The maximum absolute atomic E-state index is 4.36. The van der Waals surface area contributed by atoms with Gasteiger partial charge < -0.3 is 5.32 Å². The van der Waals surface area contributed by atoms with E-state index in [1.807, 2.05) is 13.1 Å². The van der Waals surface area contributed by atoms with E-state index in [1.165, 1.54) is 44.3 Å². The fraction of sp³-hybridized carbons (Fsp3) is 0.667. The van der Waals surface area contributed by atoms with E-state index < -0.39 is 0 Å². The Labute approximate surface area is 110 Å². The zero-order valence-corrected chi connectivity index (χ0v) is 11.2. The minimum atomic E-state index is 0.687. The van der Waals surface area contributed by atoms with Gasteiger partial charge in [0.25, 0.3) is 0 Å². The third kappa shape index (κ3) is 2.57. The summed E-state index contributed by atoms with van der Waals surface area (Å²) in [6, 6.07) is 5.75. The topological polar surface area (TPSA) is 28.2 Å². The van der Waals surface area contributed by atoms with Gasteiger partial charge in [0, 0.05) is 37.1 Å². The maximum atomic E-state index is 4.36. The molecule has 1 N–H and O–H groups in total. The van der Waals surface area contributed by atoms with Crippen molar-refractivity contribution in [1.29, 1.82) is 0 Å². The minimum Gasteiger partial charge on any atom is -0.308 e. The molecule has 3 heteroatoms. The molecule has 3 nitrogen and oxygen atoms in total. The molecule has 2 atom stereocenters. The monoisotopic (exact) mass is 245 g/mol. The number of nitrogens with one attached hydrogen (secondary N) is 1. The molecule has 0 aromatic carbocycles. The van der Waals surface area contributed by atoms with Gasteiger partial charge in [-0.25, -0.2) is 0 Å². The van der Waals surface area contributed by atoms with Crippen molar-refractivity contribution in [1.82, 2.24) is 15.2 Å². The molecule has 2 aliphatic rings. The summed E-state index contributed by atoms with van der Waals surface area (Å²) in [4.78, 5) is 7.03. The van der Waals surface area contributed by atoms with Gasteiger partial charge in [-0.3, -0.25) is 9.88 Å². The van der Waals surface area contributed by atoms with Crippen molar-refractivity contribution in [2.45, 2.75) is 51.2 Å². The predicted octanol–water partition coefficient (Wildman–Crippen LogP) is 2.11. The molecular formula is C15H23N3. The van der Waals surface area contributed by atoms with Gasteiger partial charge in [-0.1, -0.05) is 12.5 Å². The molecule has 2 fully saturated rings. The first-order chi connectivity index (χ1) is 8.83. The lowest BCUT2D eigenvalue weighted by Gasteiger charge is -2.32. The zero-order valence-electron chi connectivity index (χ0n) is 11.2. The molecule has 1 aromatic heterocycles. The van der Waals surface area contributed by atoms with Crippen LogP contribution in [0.4, 0.5) is 0 Å². The molecule has 2 unspecified atom stereocenters. The molecule has 0 amide bonds. The highest BCUT2D eigenvalue weighted by molar-refractivity contribution is 5.13. The summed E-state index contributed by atoms with van der Waals surface area (Å²) in [7, 11) is 0. The highest BCUT2D eigenvalue weighted by Crippen LogP contribution is 2.27. The summed E-state index contributed by atoms with van der Waals surface area (Å²) in [5.74, 6) is 0. The van der Waals surface area contributed by atoms with Crippen LogP contribution >= 0.6 is 0 Å². The smallest absolute Gasteiger partial charge is 0.0372 e. The van der Waals surface area contributed by atoms with Gasteiger partial charge in [0.1, 0.15) is 0 Å². The lowest BCUT2D eigenvalue weighted by molar-refractivity contribution is 0.180. The van der Waals surface area contributed by atoms with Gasteiger partial charge >= 0.3 is 0 Å². The molecule has 3 rings (SSSR count). The van der Waals surface area contributed by atoms with Gasteiger partial charge in [0.05, 0.1) is 0 Å². The minimum absolute atomic E-state index is 0.687. The standard InChI is InChI=1S/C15H23N3/c1-12-5-6-13(10-16-12)11-17-14-7-9-18-8-3-2-4-15(14)18/h5-6,10,14-15,17H,2-4,7-9,11H2,1H3. The van der Waals surface area contributed by atoms with Crippen molar-refractivity contribution in [3.8, 4) is 0 Å². The molecule has 2 aliphatic heterocycles. The van der Waals surface area contributed by atoms with Crippen molar-refractivity contribution < 1.29 is 0 Å². The van der Waals surface area contributed by atoms with Crippen molar-refractivity contribution in [3.05, 3.63) is 29.6 Å². The summed E-state index contributed by atoms with van der Waals surface area (Å²) in [6.07, 6.45) is 7.49. The van der Waals surface area contributed by atoms with Crippen LogP contribution in [0.25, 0.3) is 0 Å². The number of rotatable bonds is 3. The van der Waals surface area contributed by atoms with Crippen LogP contribution in [0.1, 0.15) is 36.9 Å². The van der Waals surface area contributed by atoms with E-state index in [0.29, 0.717) is 6.04 Å². The van der Waals surface area contributed by atoms with Gasteiger partial charge in [-0.2, -0.15) is 0 Å². The fourth-order valence-electron chi connectivity index (χ4n) is 3.34. The number of nitrogens with zero attached hydrogens (tertiary/aromatic N) is 2. The number of hydrogen-bond acceptors (Lipinski definition) is 3. The Morgan fingerprint density at radius 2 is 2.22 bits per heavy atom.